The maximum absolute atomic E-state index is 14.0. The van der Waals surface area contributed by atoms with E-state index in [-0.39, 0.29) is 11.5 Å². The summed E-state index contributed by atoms with van der Waals surface area (Å²) in [4.78, 5) is 12.9. The molecule has 0 bridgehead atoms. The van der Waals surface area contributed by atoms with Gasteiger partial charge in [0.1, 0.15) is 24.1 Å². The standard InChI is InChI=1S/C17H20F2IN5OSi/c1-27(2,3)8-7-26-10-25-9-21-14-15(23-17(20)24-16(14)25)22-13-11(18)5-4-6-12(13)19/h4-6,9H,7-8,10H2,1-3H3,(H,22,23,24). The number of nitrogens with zero attached hydrogens (tertiary/aromatic N) is 4. The summed E-state index contributed by atoms with van der Waals surface area (Å²) in [6.07, 6.45) is 1.59. The normalized spacial score (nSPS) is 11.9. The lowest BCUT2D eigenvalue weighted by atomic mass is 10.3. The van der Waals surface area contributed by atoms with E-state index in [1.54, 1.807) is 10.9 Å². The van der Waals surface area contributed by atoms with Gasteiger partial charge < -0.3 is 10.1 Å². The number of nitrogens with one attached hydrogen (secondary N) is 1. The predicted molar refractivity (Wildman–Crippen MR) is 112 cm³/mol. The van der Waals surface area contributed by atoms with Gasteiger partial charge in [0.15, 0.2) is 20.8 Å². The number of hydrogen-bond donors (Lipinski definition) is 1. The molecule has 1 N–H and O–H groups in total. The molecule has 0 fully saturated rings. The first-order valence-corrected chi connectivity index (χ1v) is 13.2. The van der Waals surface area contributed by atoms with Gasteiger partial charge in [0.25, 0.3) is 0 Å². The fraction of sp³-hybridized carbons (Fsp3) is 0.353. The third kappa shape index (κ3) is 4.99. The van der Waals surface area contributed by atoms with Crippen LogP contribution in [0.4, 0.5) is 20.3 Å². The van der Waals surface area contributed by atoms with Crippen LogP contribution in [0.2, 0.25) is 25.7 Å². The number of rotatable bonds is 7. The lowest BCUT2D eigenvalue weighted by Crippen LogP contribution is -2.22. The van der Waals surface area contributed by atoms with E-state index in [2.05, 4.69) is 39.9 Å². The van der Waals surface area contributed by atoms with Crippen LogP contribution in [0.1, 0.15) is 0 Å². The summed E-state index contributed by atoms with van der Waals surface area (Å²) in [5.74, 6) is -1.16. The van der Waals surface area contributed by atoms with Gasteiger partial charge in [0.05, 0.1) is 6.33 Å². The number of halogens is 3. The molecule has 0 saturated heterocycles. The summed E-state index contributed by atoms with van der Waals surface area (Å²) in [5, 5.41) is 2.71. The first kappa shape index (κ1) is 20.1. The molecule has 10 heteroatoms. The van der Waals surface area contributed by atoms with Crippen LogP contribution >= 0.6 is 22.6 Å². The molecular formula is C17H20F2IN5OSi. The van der Waals surface area contributed by atoms with Gasteiger partial charge in [-0.25, -0.2) is 23.7 Å². The average molecular weight is 503 g/mol. The summed E-state index contributed by atoms with van der Waals surface area (Å²) in [7, 11) is -1.16. The molecule has 2 heterocycles. The van der Waals surface area contributed by atoms with Gasteiger partial charge in [-0.1, -0.05) is 25.7 Å². The Morgan fingerprint density at radius 3 is 2.56 bits per heavy atom. The number of imidazole rings is 1. The van der Waals surface area contributed by atoms with Crippen molar-refractivity contribution >= 4 is 53.3 Å². The first-order chi connectivity index (χ1) is 12.7. The second kappa shape index (κ2) is 8.15. The quantitative estimate of drug-likeness (QED) is 0.218. The Morgan fingerprint density at radius 1 is 1.19 bits per heavy atom. The molecule has 0 atom stereocenters. The van der Waals surface area contributed by atoms with Crippen molar-refractivity contribution in [2.75, 3.05) is 11.9 Å². The van der Waals surface area contributed by atoms with Gasteiger partial charge in [-0.05, 0) is 18.2 Å². The Bertz CT molecular complexity index is 940. The lowest BCUT2D eigenvalue weighted by Gasteiger charge is -2.15. The van der Waals surface area contributed by atoms with Crippen molar-refractivity contribution in [3.63, 3.8) is 0 Å². The van der Waals surface area contributed by atoms with E-state index < -0.39 is 19.7 Å². The van der Waals surface area contributed by atoms with Crippen LogP contribution in [-0.4, -0.2) is 34.2 Å². The van der Waals surface area contributed by atoms with E-state index >= 15 is 0 Å². The topological polar surface area (TPSA) is 64.9 Å². The molecule has 6 nitrogen and oxygen atoms in total. The highest BCUT2D eigenvalue weighted by molar-refractivity contribution is 14.1. The lowest BCUT2D eigenvalue weighted by molar-refractivity contribution is 0.0894. The zero-order chi connectivity index (χ0) is 19.6. The molecule has 144 valence electrons. The van der Waals surface area contributed by atoms with Crippen molar-refractivity contribution in [1.82, 2.24) is 19.5 Å². The molecule has 3 rings (SSSR count). The number of benzene rings is 1. The van der Waals surface area contributed by atoms with Crippen LogP contribution in [0.15, 0.2) is 24.5 Å². The zero-order valence-electron chi connectivity index (χ0n) is 15.3. The molecule has 2 aromatic heterocycles. The SMILES string of the molecule is C[Si](C)(C)CCOCn1cnc2c(Nc3c(F)cccc3F)nc(I)nc21. The first-order valence-electron chi connectivity index (χ1n) is 8.42. The monoisotopic (exact) mass is 503 g/mol. The maximum Gasteiger partial charge on any atom is 0.194 e. The number of hydrogen-bond acceptors (Lipinski definition) is 5. The second-order valence-corrected chi connectivity index (χ2v) is 13.9. The third-order valence-corrected chi connectivity index (χ3v) is 6.06. The Morgan fingerprint density at radius 2 is 1.89 bits per heavy atom. The van der Waals surface area contributed by atoms with Crippen molar-refractivity contribution in [2.24, 2.45) is 0 Å². The number of aromatic nitrogens is 4. The van der Waals surface area contributed by atoms with Crippen LogP contribution in [0.25, 0.3) is 11.2 Å². The van der Waals surface area contributed by atoms with E-state index in [1.807, 2.05) is 22.6 Å². The Hall–Kier alpha value is -1.66. The molecule has 0 amide bonds. The molecule has 0 unspecified atom stereocenters. The predicted octanol–water partition coefficient (Wildman–Crippen LogP) is 4.77. The van der Waals surface area contributed by atoms with Crippen LogP contribution in [0, 0.1) is 15.5 Å². The van der Waals surface area contributed by atoms with E-state index in [4.69, 9.17) is 4.74 Å². The summed E-state index contributed by atoms with van der Waals surface area (Å²) < 4.78 is 35.8. The minimum Gasteiger partial charge on any atom is -0.361 e. The molecular weight excluding hydrogens is 483 g/mol. The zero-order valence-corrected chi connectivity index (χ0v) is 18.4. The van der Waals surface area contributed by atoms with Crippen LogP contribution < -0.4 is 5.32 Å². The molecule has 0 aliphatic rings. The van der Waals surface area contributed by atoms with Crippen molar-refractivity contribution in [2.45, 2.75) is 32.4 Å². The molecule has 3 aromatic rings. The van der Waals surface area contributed by atoms with Crippen molar-refractivity contribution in [3.05, 3.63) is 40.0 Å². The number of para-hydroxylation sites is 1. The van der Waals surface area contributed by atoms with Gasteiger partial charge in [-0.15, -0.1) is 0 Å². The fourth-order valence-corrected chi connectivity index (χ4v) is 3.60. The van der Waals surface area contributed by atoms with Gasteiger partial charge >= 0.3 is 0 Å². The Balaban J connectivity index is 1.85. The minimum absolute atomic E-state index is 0.245. The summed E-state index contributed by atoms with van der Waals surface area (Å²) >= 11 is 1.96. The van der Waals surface area contributed by atoms with Crippen molar-refractivity contribution in [1.29, 1.82) is 0 Å². The molecule has 0 aliphatic heterocycles. The number of anilines is 2. The summed E-state index contributed by atoms with van der Waals surface area (Å²) in [5.41, 5.74) is 0.697. The molecule has 0 spiro atoms. The van der Waals surface area contributed by atoms with Crippen LogP contribution in [0.5, 0.6) is 0 Å². The second-order valence-electron chi connectivity index (χ2n) is 7.30. The number of fused-ring (bicyclic) bond motifs is 1. The Labute approximate surface area is 170 Å². The largest absolute Gasteiger partial charge is 0.361 e. The van der Waals surface area contributed by atoms with E-state index in [1.165, 1.54) is 18.2 Å². The van der Waals surface area contributed by atoms with Gasteiger partial charge in [0.2, 0.25) is 0 Å². The summed E-state index contributed by atoms with van der Waals surface area (Å²) in [6.45, 7) is 7.85. The minimum atomic E-state index is -1.16. The highest BCUT2D eigenvalue weighted by Gasteiger charge is 2.17. The van der Waals surface area contributed by atoms with Crippen molar-refractivity contribution < 1.29 is 13.5 Å². The fourth-order valence-electron chi connectivity index (χ4n) is 2.38. The molecule has 0 radical (unpaired) electrons. The van der Waals surface area contributed by atoms with Gasteiger partial charge in [0, 0.05) is 37.3 Å². The average Bonchev–Trinajstić information content (AvgIpc) is 2.97. The van der Waals surface area contributed by atoms with Crippen LogP contribution in [-0.2, 0) is 11.5 Å². The highest BCUT2D eigenvalue weighted by Crippen LogP contribution is 2.27. The molecule has 1 aromatic carbocycles. The van der Waals surface area contributed by atoms with E-state index in [0.717, 1.165) is 6.04 Å². The van der Waals surface area contributed by atoms with Crippen LogP contribution in [0.3, 0.4) is 0 Å². The maximum atomic E-state index is 14.0. The van der Waals surface area contributed by atoms with Crippen molar-refractivity contribution in [3.8, 4) is 0 Å². The number of ether oxygens (including phenoxy) is 1. The van der Waals surface area contributed by atoms with Gasteiger partial charge in [-0.2, -0.15) is 0 Å². The van der Waals surface area contributed by atoms with E-state index in [0.29, 0.717) is 28.3 Å². The molecule has 0 aliphatic carbocycles. The summed E-state index contributed by atoms with van der Waals surface area (Å²) in [6, 6.07) is 4.73. The Kier molecular flexibility index (Phi) is 6.06. The molecule has 27 heavy (non-hydrogen) atoms. The van der Waals surface area contributed by atoms with E-state index in [9.17, 15) is 8.78 Å². The highest BCUT2D eigenvalue weighted by atomic mass is 127. The van der Waals surface area contributed by atoms with Gasteiger partial charge in [-0.3, -0.25) is 4.57 Å². The third-order valence-electron chi connectivity index (χ3n) is 3.87. The smallest absolute Gasteiger partial charge is 0.194 e. The molecule has 0 saturated carbocycles.